The number of nitrogens with two attached hydrogens (primary N) is 2. The molecule has 5 nitrogen and oxygen atoms in total. The number of pyridine rings is 1. The molecule has 0 aliphatic heterocycles. The molecule has 0 bridgehead atoms. The summed E-state index contributed by atoms with van der Waals surface area (Å²) in [6.45, 7) is 0. The van der Waals surface area contributed by atoms with Crippen LogP contribution in [0, 0.1) is 0 Å². The van der Waals surface area contributed by atoms with E-state index in [-0.39, 0.29) is 24.8 Å². The molecule has 7 heteroatoms. The average Bonchev–Trinajstić information content (AvgIpc) is 2.49. The van der Waals surface area contributed by atoms with Crippen LogP contribution in [-0.4, -0.2) is 14.8 Å². The maximum Gasteiger partial charge on any atom is 0.155 e. The zero-order valence-electron chi connectivity index (χ0n) is 7.70. The first-order valence-electron chi connectivity index (χ1n) is 3.79. The average molecular weight is 248 g/mol. The Morgan fingerprint density at radius 1 is 1.13 bits per heavy atom. The lowest BCUT2D eigenvalue weighted by Gasteiger charge is -2.01. The quantitative estimate of drug-likeness (QED) is 0.796. The molecule has 0 unspecified atom stereocenters. The number of nitrogen functional groups attached to an aromatic ring is 2. The highest BCUT2D eigenvalue weighted by Gasteiger charge is 2.05. The summed E-state index contributed by atoms with van der Waals surface area (Å²) in [7, 11) is 0. The Balaban J connectivity index is 0.000000980. The summed E-state index contributed by atoms with van der Waals surface area (Å²) in [5.41, 5.74) is 11.7. The van der Waals surface area contributed by atoms with Gasteiger partial charge in [0.25, 0.3) is 0 Å². The molecular weight excluding hydrogens is 237 g/mol. The topological polar surface area (TPSA) is 82.8 Å². The smallest absolute Gasteiger partial charge is 0.155 e. The number of halogens is 2. The number of nitrogens with zero attached hydrogens (tertiary/aromatic N) is 3. The minimum Gasteiger partial charge on any atom is -0.394 e. The molecular formula is C8H11Cl2N5. The largest absolute Gasteiger partial charge is 0.394 e. The maximum absolute atomic E-state index is 5.67. The van der Waals surface area contributed by atoms with Crippen molar-refractivity contribution in [3.63, 3.8) is 0 Å². The van der Waals surface area contributed by atoms with Crippen LogP contribution in [0.4, 0.5) is 11.5 Å². The summed E-state index contributed by atoms with van der Waals surface area (Å²) >= 11 is 0. The van der Waals surface area contributed by atoms with Crippen molar-refractivity contribution < 1.29 is 0 Å². The number of hydrogen-bond acceptors (Lipinski definition) is 4. The molecule has 0 saturated heterocycles. The fourth-order valence-corrected chi connectivity index (χ4v) is 1.03. The monoisotopic (exact) mass is 247 g/mol. The van der Waals surface area contributed by atoms with Crippen LogP contribution in [0.3, 0.4) is 0 Å². The Morgan fingerprint density at radius 3 is 2.33 bits per heavy atom. The van der Waals surface area contributed by atoms with Gasteiger partial charge in [0.2, 0.25) is 0 Å². The van der Waals surface area contributed by atoms with E-state index in [4.69, 9.17) is 11.5 Å². The first-order chi connectivity index (χ1) is 6.29. The van der Waals surface area contributed by atoms with Crippen molar-refractivity contribution in [1.29, 1.82) is 0 Å². The molecule has 0 aliphatic rings. The third kappa shape index (κ3) is 2.51. The zero-order valence-corrected chi connectivity index (χ0v) is 9.33. The van der Waals surface area contributed by atoms with E-state index in [2.05, 4.69) is 10.1 Å². The second-order valence-electron chi connectivity index (χ2n) is 2.58. The molecule has 0 fully saturated rings. The number of aromatic nitrogens is 3. The summed E-state index contributed by atoms with van der Waals surface area (Å²) in [6.07, 6.45) is 3.18. The SMILES string of the molecule is Cl.Cl.Nc1cnn(-c2ccccn2)c1N. The van der Waals surface area contributed by atoms with Gasteiger partial charge in [0, 0.05) is 6.20 Å². The van der Waals surface area contributed by atoms with Crippen molar-refractivity contribution in [1.82, 2.24) is 14.8 Å². The Labute approximate surface area is 99.3 Å². The van der Waals surface area contributed by atoms with E-state index in [1.54, 1.807) is 6.20 Å². The predicted molar refractivity (Wildman–Crippen MR) is 64.7 cm³/mol. The summed E-state index contributed by atoms with van der Waals surface area (Å²) < 4.78 is 1.50. The Kier molecular flexibility index (Phi) is 4.90. The molecule has 0 amide bonds. The van der Waals surface area contributed by atoms with Crippen molar-refractivity contribution in [3.8, 4) is 5.82 Å². The normalized spacial score (nSPS) is 8.80. The molecule has 0 aliphatic carbocycles. The molecule has 0 aromatic carbocycles. The third-order valence-corrected chi connectivity index (χ3v) is 1.70. The highest BCUT2D eigenvalue weighted by molar-refractivity contribution is 5.85. The van der Waals surface area contributed by atoms with Gasteiger partial charge < -0.3 is 11.5 Å². The van der Waals surface area contributed by atoms with E-state index >= 15 is 0 Å². The molecule has 0 saturated carbocycles. The van der Waals surface area contributed by atoms with Crippen LogP contribution in [-0.2, 0) is 0 Å². The third-order valence-electron chi connectivity index (χ3n) is 1.70. The molecule has 0 radical (unpaired) electrons. The van der Waals surface area contributed by atoms with Gasteiger partial charge in [-0.15, -0.1) is 24.8 Å². The minimum absolute atomic E-state index is 0. The summed E-state index contributed by atoms with van der Waals surface area (Å²) in [4.78, 5) is 4.09. The van der Waals surface area contributed by atoms with Crippen molar-refractivity contribution in [3.05, 3.63) is 30.6 Å². The fourth-order valence-electron chi connectivity index (χ4n) is 1.03. The number of rotatable bonds is 1. The Bertz CT molecular complexity index is 414. The molecule has 2 aromatic heterocycles. The number of anilines is 2. The fraction of sp³-hybridized carbons (Fsp3) is 0. The van der Waals surface area contributed by atoms with E-state index in [9.17, 15) is 0 Å². The van der Waals surface area contributed by atoms with Crippen LogP contribution in [0.25, 0.3) is 5.82 Å². The summed E-state index contributed by atoms with van der Waals surface area (Å²) in [5.74, 6) is 1.08. The van der Waals surface area contributed by atoms with Crippen LogP contribution < -0.4 is 11.5 Å². The van der Waals surface area contributed by atoms with Gasteiger partial charge in [-0.2, -0.15) is 9.78 Å². The van der Waals surface area contributed by atoms with Crippen molar-refractivity contribution >= 4 is 36.3 Å². The standard InChI is InChI=1S/C8H9N5.2ClH/c9-6-5-12-13(8(6)10)7-3-1-2-4-11-7;;/h1-5H,9-10H2;2*1H. The van der Waals surface area contributed by atoms with Gasteiger partial charge in [-0.25, -0.2) is 4.98 Å². The lowest BCUT2D eigenvalue weighted by atomic mass is 10.4. The molecule has 2 rings (SSSR count). The highest BCUT2D eigenvalue weighted by Crippen LogP contribution is 2.15. The van der Waals surface area contributed by atoms with Gasteiger partial charge >= 0.3 is 0 Å². The van der Waals surface area contributed by atoms with Gasteiger partial charge in [-0.3, -0.25) is 0 Å². The minimum atomic E-state index is 0. The van der Waals surface area contributed by atoms with Gasteiger partial charge in [0.05, 0.1) is 11.9 Å². The van der Waals surface area contributed by atoms with Crippen LogP contribution in [0.15, 0.2) is 30.6 Å². The first-order valence-corrected chi connectivity index (χ1v) is 3.79. The van der Waals surface area contributed by atoms with E-state index in [0.29, 0.717) is 17.3 Å². The van der Waals surface area contributed by atoms with Crippen LogP contribution in [0.2, 0.25) is 0 Å². The first kappa shape index (κ1) is 13.5. The van der Waals surface area contributed by atoms with Crippen molar-refractivity contribution in [2.75, 3.05) is 11.5 Å². The lowest BCUT2D eigenvalue weighted by molar-refractivity contribution is 0.857. The molecule has 4 N–H and O–H groups in total. The number of hydrogen-bond donors (Lipinski definition) is 2. The highest BCUT2D eigenvalue weighted by atomic mass is 35.5. The molecule has 82 valence electrons. The molecule has 2 heterocycles. The Morgan fingerprint density at radius 2 is 1.87 bits per heavy atom. The summed E-state index contributed by atoms with van der Waals surface area (Å²) in [6, 6.07) is 5.50. The zero-order chi connectivity index (χ0) is 9.26. The van der Waals surface area contributed by atoms with Gasteiger partial charge in [-0.1, -0.05) is 6.07 Å². The van der Waals surface area contributed by atoms with Crippen LogP contribution >= 0.6 is 24.8 Å². The van der Waals surface area contributed by atoms with E-state index < -0.39 is 0 Å². The second kappa shape index (κ2) is 5.43. The second-order valence-corrected chi connectivity index (χ2v) is 2.58. The summed E-state index contributed by atoms with van der Waals surface area (Å²) in [5, 5.41) is 3.99. The van der Waals surface area contributed by atoms with Gasteiger partial charge in [0.15, 0.2) is 11.6 Å². The molecule has 15 heavy (non-hydrogen) atoms. The van der Waals surface area contributed by atoms with E-state index in [1.165, 1.54) is 10.9 Å². The van der Waals surface area contributed by atoms with E-state index in [1.807, 2.05) is 18.2 Å². The van der Waals surface area contributed by atoms with Crippen molar-refractivity contribution in [2.24, 2.45) is 0 Å². The molecule has 0 spiro atoms. The van der Waals surface area contributed by atoms with Gasteiger partial charge in [0.1, 0.15) is 0 Å². The van der Waals surface area contributed by atoms with Gasteiger partial charge in [-0.05, 0) is 12.1 Å². The predicted octanol–water partition coefficient (Wildman–Crippen LogP) is 1.28. The van der Waals surface area contributed by atoms with E-state index in [0.717, 1.165) is 0 Å². The maximum atomic E-state index is 5.67. The van der Waals surface area contributed by atoms with Crippen LogP contribution in [0.1, 0.15) is 0 Å². The van der Waals surface area contributed by atoms with Crippen molar-refractivity contribution in [2.45, 2.75) is 0 Å². The lowest BCUT2D eigenvalue weighted by Crippen LogP contribution is -2.04. The Hall–Kier alpha value is -1.46. The molecule has 0 atom stereocenters. The molecule has 2 aromatic rings. The van der Waals surface area contributed by atoms with Crippen LogP contribution in [0.5, 0.6) is 0 Å².